The van der Waals surface area contributed by atoms with E-state index in [0.717, 1.165) is 50.5 Å². The molecule has 1 N–H and O–H groups in total. The minimum atomic E-state index is 0.897. The predicted molar refractivity (Wildman–Crippen MR) is 204 cm³/mol. The quantitative estimate of drug-likeness (QED) is 0.136. The summed E-state index contributed by atoms with van der Waals surface area (Å²) in [5.41, 5.74) is 13.1. The number of fused-ring (bicyclic) bond motifs is 2. The summed E-state index contributed by atoms with van der Waals surface area (Å²) in [6.45, 7) is 0. The fourth-order valence-corrected chi connectivity index (χ4v) is 6.45. The maximum Gasteiger partial charge on any atom is 0.0977 e. The molecule has 228 valence electrons. The Balaban J connectivity index is 1.17. The van der Waals surface area contributed by atoms with Crippen molar-refractivity contribution in [1.82, 2.24) is 0 Å². The van der Waals surface area contributed by atoms with Gasteiger partial charge in [-0.05, 0) is 58.3 Å². The Morgan fingerprint density at radius 1 is 0.417 bits per heavy atom. The molecule has 0 aliphatic carbocycles. The lowest BCUT2D eigenvalue weighted by Gasteiger charge is -2.27. The summed E-state index contributed by atoms with van der Waals surface area (Å²) in [5, 5.41) is 9.68. The molecule has 0 aliphatic rings. The highest BCUT2D eigenvalue weighted by Crippen LogP contribution is 2.40. The summed E-state index contributed by atoms with van der Waals surface area (Å²) in [5.74, 6) is 0. The first-order valence-corrected chi connectivity index (χ1v) is 16.2. The van der Waals surface area contributed by atoms with Crippen molar-refractivity contribution < 1.29 is 0 Å². The van der Waals surface area contributed by atoms with Crippen molar-refractivity contribution >= 4 is 50.0 Å². The van der Waals surface area contributed by atoms with Gasteiger partial charge in [-0.2, -0.15) is 5.10 Å². The first-order valence-electron chi connectivity index (χ1n) is 16.2. The van der Waals surface area contributed by atoms with Gasteiger partial charge in [0.1, 0.15) is 0 Å². The average Bonchev–Trinajstić information content (AvgIpc) is 3.17. The zero-order chi connectivity index (χ0) is 32.1. The van der Waals surface area contributed by atoms with Gasteiger partial charge in [0.25, 0.3) is 0 Å². The van der Waals surface area contributed by atoms with Crippen molar-refractivity contribution in [3.8, 4) is 11.1 Å². The summed E-state index contributed by atoms with van der Waals surface area (Å²) in [6, 6.07) is 68.0. The Hall–Kier alpha value is -6.45. The molecule has 8 aromatic carbocycles. The molecule has 48 heavy (non-hydrogen) atoms. The van der Waals surface area contributed by atoms with Crippen molar-refractivity contribution in [3.05, 3.63) is 205 Å². The fourth-order valence-electron chi connectivity index (χ4n) is 6.45. The zero-order valence-corrected chi connectivity index (χ0v) is 26.4. The molecular weight excluding hydrogens is 583 g/mol. The molecule has 0 fully saturated rings. The molecule has 8 aromatic rings. The monoisotopic (exact) mass is 615 g/mol. The van der Waals surface area contributed by atoms with Crippen LogP contribution in [0.15, 0.2) is 199 Å². The number of nitrogens with zero attached hydrogens (tertiary/aromatic N) is 2. The van der Waals surface area contributed by atoms with Crippen LogP contribution in [0.2, 0.25) is 0 Å². The van der Waals surface area contributed by atoms with Gasteiger partial charge in [0.15, 0.2) is 0 Å². The van der Waals surface area contributed by atoms with Gasteiger partial charge in [-0.25, -0.2) is 0 Å². The molecular formula is C45H33N3. The lowest BCUT2D eigenvalue weighted by atomic mass is 9.97. The highest BCUT2D eigenvalue weighted by Gasteiger charge is 2.16. The van der Waals surface area contributed by atoms with Crippen LogP contribution in [-0.4, -0.2) is 5.71 Å². The molecule has 0 radical (unpaired) electrons. The summed E-state index contributed by atoms with van der Waals surface area (Å²) in [4.78, 5) is 2.34. The molecule has 0 aromatic heterocycles. The second-order valence-electron chi connectivity index (χ2n) is 11.7. The maximum absolute atomic E-state index is 4.96. The van der Waals surface area contributed by atoms with Crippen molar-refractivity contribution in [2.45, 2.75) is 0 Å². The van der Waals surface area contributed by atoms with Crippen LogP contribution in [0.3, 0.4) is 0 Å². The van der Waals surface area contributed by atoms with E-state index in [1.165, 1.54) is 21.7 Å². The van der Waals surface area contributed by atoms with Crippen LogP contribution in [0, 0.1) is 0 Å². The van der Waals surface area contributed by atoms with E-state index in [0.29, 0.717) is 0 Å². The van der Waals surface area contributed by atoms with Crippen LogP contribution in [0.25, 0.3) is 32.7 Å². The smallest absolute Gasteiger partial charge is 0.0977 e. The van der Waals surface area contributed by atoms with Gasteiger partial charge in [-0.1, -0.05) is 158 Å². The minimum Gasteiger partial charge on any atom is -0.310 e. The Kier molecular flexibility index (Phi) is 7.92. The van der Waals surface area contributed by atoms with Crippen molar-refractivity contribution in [3.63, 3.8) is 0 Å². The minimum absolute atomic E-state index is 0.897. The second-order valence-corrected chi connectivity index (χ2v) is 11.7. The standard InChI is InChI=1S/C45H33N3/c1-4-16-35(17-5-1)45(36-18-6-2-7-19-36)47-46-43-32-31-39(41-24-12-13-25-42(41)43)34-27-29-38(30-28-34)48(37-21-8-3-9-22-37)44-26-14-20-33-15-10-11-23-40(33)44/h1-32,46H. The average molecular weight is 616 g/mol. The number of hydrogen-bond donors (Lipinski definition) is 1. The first-order chi connectivity index (χ1) is 23.8. The van der Waals surface area contributed by atoms with E-state index >= 15 is 0 Å². The highest BCUT2D eigenvalue weighted by atomic mass is 15.3. The van der Waals surface area contributed by atoms with Crippen LogP contribution < -0.4 is 10.3 Å². The number of hydrazone groups is 1. The molecule has 0 spiro atoms. The van der Waals surface area contributed by atoms with Crippen molar-refractivity contribution in [1.29, 1.82) is 0 Å². The molecule has 0 saturated heterocycles. The predicted octanol–water partition coefficient (Wildman–Crippen LogP) is 12.0. The van der Waals surface area contributed by atoms with Crippen LogP contribution >= 0.6 is 0 Å². The number of anilines is 4. The number of nitrogens with one attached hydrogen (secondary N) is 1. The SMILES string of the molecule is c1ccc(C(=NNc2ccc(-c3ccc(N(c4ccccc4)c4cccc5ccccc45)cc3)c3ccccc23)c2ccccc2)cc1. The lowest BCUT2D eigenvalue weighted by Crippen LogP contribution is -2.10. The second kappa shape index (κ2) is 13.1. The van der Waals surface area contributed by atoms with Gasteiger partial charge in [0.2, 0.25) is 0 Å². The molecule has 0 aliphatic heterocycles. The van der Waals surface area contributed by atoms with Crippen LogP contribution in [0.5, 0.6) is 0 Å². The first kappa shape index (κ1) is 29.0. The van der Waals surface area contributed by atoms with E-state index in [4.69, 9.17) is 5.10 Å². The number of benzene rings is 8. The van der Waals surface area contributed by atoms with E-state index in [2.05, 4.69) is 168 Å². The van der Waals surface area contributed by atoms with Gasteiger partial charge in [-0.15, -0.1) is 0 Å². The van der Waals surface area contributed by atoms with Gasteiger partial charge >= 0.3 is 0 Å². The third kappa shape index (κ3) is 5.70. The summed E-state index contributed by atoms with van der Waals surface area (Å²) >= 11 is 0. The Labute approximate surface area is 281 Å². The molecule has 0 atom stereocenters. The molecule has 8 rings (SSSR count). The van der Waals surface area contributed by atoms with E-state index in [1.54, 1.807) is 0 Å². The lowest BCUT2D eigenvalue weighted by molar-refractivity contribution is 1.30. The van der Waals surface area contributed by atoms with E-state index in [1.807, 2.05) is 36.4 Å². The van der Waals surface area contributed by atoms with Gasteiger partial charge in [0.05, 0.1) is 17.1 Å². The van der Waals surface area contributed by atoms with Crippen molar-refractivity contribution in [2.75, 3.05) is 10.3 Å². The zero-order valence-electron chi connectivity index (χ0n) is 26.4. The Bertz CT molecular complexity index is 2300. The topological polar surface area (TPSA) is 27.6 Å². The number of rotatable bonds is 8. The Morgan fingerprint density at radius 2 is 0.958 bits per heavy atom. The number of hydrogen-bond acceptors (Lipinski definition) is 3. The molecule has 0 amide bonds. The third-order valence-electron chi connectivity index (χ3n) is 8.77. The van der Waals surface area contributed by atoms with E-state index in [9.17, 15) is 0 Å². The van der Waals surface area contributed by atoms with Gasteiger partial charge in [-0.3, -0.25) is 5.43 Å². The molecule has 0 unspecified atom stereocenters. The highest BCUT2D eigenvalue weighted by molar-refractivity contribution is 6.13. The van der Waals surface area contributed by atoms with Crippen LogP contribution in [0.4, 0.5) is 22.7 Å². The Morgan fingerprint density at radius 3 is 1.65 bits per heavy atom. The molecule has 3 heteroatoms. The summed E-state index contributed by atoms with van der Waals surface area (Å²) < 4.78 is 0. The summed E-state index contributed by atoms with van der Waals surface area (Å²) in [7, 11) is 0. The van der Waals surface area contributed by atoms with Crippen LogP contribution in [-0.2, 0) is 0 Å². The maximum atomic E-state index is 4.96. The third-order valence-corrected chi connectivity index (χ3v) is 8.77. The normalized spacial score (nSPS) is 10.9. The van der Waals surface area contributed by atoms with Crippen LogP contribution in [0.1, 0.15) is 11.1 Å². The molecule has 3 nitrogen and oxygen atoms in total. The summed E-state index contributed by atoms with van der Waals surface area (Å²) in [6.07, 6.45) is 0. The van der Waals surface area contributed by atoms with Gasteiger partial charge < -0.3 is 4.90 Å². The van der Waals surface area contributed by atoms with E-state index < -0.39 is 0 Å². The number of para-hydroxylation sites is 1. The van der Waals surface area contributed by atoms with E-state index in [-0.39, 0.29) is 0 Å². The molecule has 0 bridgehead atoms. The van der Waals surface area contributed by atoms with Gasteiger partial charge in [0, 0.05) is 33.3 Å². The molecule has 0 heterocycles. The van der Waals surface area contributed by atoms with Crippen molar-refractivity contribution in [2.24, 2.45) is 5.10 Å². The molecule has 0 saturated carbocycles. The largest absolute Gasteiger partial charge is 0.310 e. The fraction of sp³-hybridized carbons (Fsp3) is 0.